The Balaban J connectivity index is 1.51. The van der Waals surface area contributed by atoms with E-state index in [1.807, 2.05) is 54.3 Å². The number of anilines is 2. The van der Waals surface area contributed by atoms with E-state index in [-0.39, 0.29) is 17.9 Å². The molecule has 1 N–H and O–H groups in total. The van der Waals surface area contributed by atoms with Crippen LogP contribution in [0.25, 0.3) is 0 Å². The molecule has 0 spiro atoms. The number of nitrogens with one attached hydrogen (secondary N) is 1. The van der Waals surface area contributed by atoms with Crippen LogP contribution in [0.2, 0.25) is 0 Å². The summed E-state index contributed by atoms with van der Waals surface area (Å²) in [6.45, 7) is 4.06. The second kappa shape index (κ2) is 7.31. The maximum atomic E-state index is 13.0. The first kappa shape index (κ1) is 18.0. The molecule has 0 fully saturated rings. The Labute approximate surface area is 164 Å². The van der Waals surface area contributed by atoms with E-state index in [2.05, 4.69) is 18.3 Å². The Morgan fingerprint density at radius 1 is 0.893 bits per heavy atom. The van der Waals surface area contributed by atoms with Crippen LogP contribution in [-0.2, 0) is 6.42 Å². The molecule has 4 nitrogen and oxygen atoms in total. The van der Waals surface area contributed by atoms with Crippen LogP contribution < -0.4 is 10.2 Å². The van der Waals surface area contributed by atoms with Gasteiger partial charge in [-0.3, -0.25) is 9.59 Å². The van der Waals surface area contributed by atoms with Gasteiger partial charge in [0.05, 0.1) is 0 Å². The summed E-state index contributed by atoms with van der Waals surface area (Å²) in [6.07, 6.45) is 0.860. The maximum Gasteiger partial charge on any atom is 0.258 e. The first-order valence-corrected chi connectivity index (χ1v) is 9.42. The summed E-state index contributed by atoms with van der Waals surface area (Å²) in [5, 5.41) is 2.88. The van der Waals surface area contributed by atoms with Gasteiger partial charge < -0.3 is 10.2 Å². The van der Waals surface area contributed by atoms with E-state index < -0.39 is 0 Å². The number of rotatable bonds is 3. The first-order chi connectivity index (χ1) is 13.5. The van der Waals surface area contributed by atoms with Crippen molar-refractivity contribution < 1.29 is 9.59 Å². The molecule has 0 aliphatic carbocycles. The molecule has 1 heterocycles. The highest BCUT2D eigenvalue weighted by Gasteiger charge is 2.31. The number of carbonyl (C=O) groups is 2. The summed E-state index contributed by atoms with van der Waals surface area (Å²) in [5.74, 6) is -0.231. The monoisotopic (exact) mass is 370 g/mol. The van der Waals surface area contributed by atoms with Crippen molar-refractivity contribution in [2.24, 2.45) is 0 Å². The molecule has 0 aromatic heterocycles. The zero-order valence-corrected chi connectivity index (χ0v) is 16.0. The van der Waals surface area contributed by atoms with Gasteiger partial charge in [0.2, 0.25) is 0 Å². The Bertz CT molecular complexity index is 1020. The summed E-state index contributed by atoms with van der Waals surface area (Å²) >= 11 is 0. The fourth-order valence-electron chi connectivity index (χ4n) is 3.62. The summed E-state index contributed by atoms with van der Waals surface area (Å²) in [4.78, 5) is 27.3. The molecule has 0 radical (unpaired) electrons. The molecule has 3 aromatic rings. The largest absolute Gasteiger partial charge is 0.322 e. The number of benzene rings is 3. The number of amides is 2. The van der Waals surface area contributed by atoms with Crippen LogP contribution in [0.15, 0.2) is 72.8 Å². The summed E-state index contributed by atoms with van der Waals surface area (Å²) in [7, 11) is 0. The molecule has 2 amide bonds. The molecule has 140 valence electrons. The van der Waals surface area contributed by atoms with Gasteiger partial charge in [-0.25, -0.2) is 0 Å². The van der Waals surface area contributed by atoms with Gasteiger partial charge in [-0.05, 0) is 68.3 Å². The van der Waals surface area contributed by atoms with Gasteiger partial charge in [0.1, 0.15) is 0 Å². The van der Waals surface area contributed by atoms with E-state index in [0.717, 1.165) is 23.4 Å². The Morgan fingerprint density at radius 3 is 2.25 bits per heavy atom. The molecule has 1 aliphatic heterocycles. The lowest BCUT2D eigenvalue weighted by Crippen LogP contribution is -2.35. The molecule has 0 saturated heterocycles. The van der Waals surface area contributed by atoms with E-state index in [4.69, 9.17) is 0 Å². The molecule has 28 heavy (non-hydrogen) atoms. The van der Waals surface area contributed by atoms with Crippen LogP contribution in [0, 0.1) is 6.92 Å². The van der Waals surface area contributed by atoms with E-state index >= 15 is 0 Å². The van der Waals surface area contributed by atoms with E-state index in [9.17, 15) is 9.59 Å². The quantitative estimate of drug-likeness (QED) is 0.717. The molecule has 1 atom stereocenters. The van der Waals surface area contributed by atoms with Crippen LogP contribution in [0.5, 0.6) is 0 Å². The highest BCUT2D eigenvalue weighted by atomic mass is 16.2. The minimum atomic E-state index is -0.192. The molecule has 0 saturated carbocycles. The smallest absolute Gasteiger partial charge is 0.258 e. The van der Waals surface area contributed by atoms with Crippen molar-refractivity contribution in [3.63, 3.8) is 0 Å². The van der Waals surface area contributed by atoms with Gasteiger partial charge in [0.15, 0.2) is 0 Å². The van der Waals surface area contributed by atoms with Crippen molar-refractivity contribution in [1.29, 1.82) is 0 Å². The third-order valence-electron chi connectivity index (χ3n) is 5.13. The molecule has 4 rings (SSSR count). The van der Waals surface area contributed by atoms with Crippen molar-refractivity contribution in [2.75, 3.05) is 10.2 Å². The summed E-state index contributed by atoms with van der Waals surface area (Å²) < 4.78 is 0. The van der Waals surface area contributed by atoms with Crippen molar-refractivity contribution in [1.82, 2.24) is 0 Å². The van der Waals surface area contributed by atoms with Crippen molar-refractivity contribution in [3.05, 3.63) is 95.1 Å². The SMILES string of the molecule is Cc1ccc(NC(=O)c2ccc(C(=O)N3c4ccccc4CC3C)cc2)cc1. The predicted octanol–water partition coefficient (Wildman–Crippen LogP) is 4.84. The van der Waals surface area contributed by atoms with Crippen LogP contribution in [0.4, 0.5) is 11.4 Å². The molecule has 1 unspecified atom stereocenters. The fourth-order valence-corrected chi connectivity index (χ4v) is 3.62. The zero-order chi connectivity index (χ0) is 19.7. The molecule has 3 aromatic carbocycles. The first-order valence-electron chi connectivity index (χ1n) is 9.42. The lowest BCUT2D eigenvalue weighted by Gasteiger charge is -2.23. The molecule has 1 aliphatic rings. The second-order valence-electron chi connectivity index (χ2n) is 7.25. The second-order valence-corrected chi connectivity index (χ2v) is 7.25. The van der Waals surface area contributed by atoms with Crippen LogP contribution in [0.3, 0.4) is 0 Å². The van der Waals surface area contributed by atoms with Gasteiger partial charge in [-0.1, -0.05) is 35.9 Å². The van der Waals surface area contributed by atoms with Crippen molar-refractivity contribution in [2.45, 2.75) is 26.3 Å². The Morgan fingerprint density at radius 2 is 1.54 bits per heavy atom. The Hall–Kier alpha value is -3.40. The third kappa shape index (κ3) is 3.41. The van der Waals surface area contributed by atoms with E-state index in [0.29, 0.717) is 11.1 Å². The summed E-state index contributed by atoms with van der Waals surface area (Å²) in [6, 6.07) is 22.6. The predicted molar refractivity (Wildman–Crippen MR) is 112 cm³/mol. The number of hydrogen-bond acceptors (Lipinski definition) is 2. The van der Waals surface area contributed by atoms with Crippen molar-refractivity contribution in [3.8, 4) is 0 Å². The van der Waals surface area contributed by atoms with Crippen molar-refractivity contribution >= 4 is 23.2 Å². The van der Waals surface area contributed by atoms with Gasteiger partial charge >= 0.3 is 0 Å². The van der Waals surface area contributed by atoms with Gasteiger partial charge in [0, 0.05) is 28.5 Å². The lowest BCUT2D eigenvalue weighted by atomic mass is 10.1. The Kier molecular flexibility index (Phi) is 4.70. The topological polar surface area (TPSA) is 49.4 Å². The average Bonchev–Trinajstić information content (AvgIpc) is 3.05. The number of aryl methyl sites for hydroxylation is 1. The van der Waals surface area contributed by atoms with Crippen LogP contribution in [0.1, 0.15) is 38.8 Å². The summed E-state index contributed by atoms with van der Waals surface area (Å²) in [5.41, 5.74) is 5.15. The normalized spacial score (nSPS) is 15.2. The average molecular weight is 370 g/mol. The zero-order valence-electron chi connectivity index (χ0n) is 16.0. The number of nitrogens with zero attached hydrogens (tertiary/aromatic N) is 1. The van der Waals surface area contributed by atoms with Gasteiger partial charge in [0.25, 0.3) is 11.8 Å². The van der Waals surface area contributed by atoms with Gasteiger partial charge in [-0.2, -0.15) is 0 Å². The fraction of sp³-hybridized carbons (Fsp3) is 0.167. The van der Waals surface area contributed by atoms with Crippen LogP contribution in [-0.4, -0.2) is 17.9 Å². The molecular formula is C24H22N2O2. The van der Waals surface area contributed by atoms with E-state index in [1.165, 1.54) is 5.56 Å². The third-order valence-corrected chi connectivity index (χ3v) is 5.13. The number of para-hydroxylation sites is 1. The molecule has 4 heteroatoms. The lowest BCUT2D eigenvalue weighted by molar-refractivity contribution is 0.0978. The number of carbonyl (C=O) groups excluding carboxylic acids is 2. The standard InChI is InChI=1S/C24H22N2O2/c1-16-7-13-21(14-8-16)25-23(27)18-9-11-19(12-10-18)24(28)26-17(2)15-20-5-3-4-6-22(20)26/h3-14,17H,15H2,1-2H3,(H,25,27). The highest BCUT2D eigenvalue weighted by molar-refractivity contribution is 6.09. The van der Waals surface area contributed by atoms with E-state index in [1.54, 1.807) is 24.3 Å². The minimum Gasteiger partial charge on any atom is -0.322 e. The minimum absolute atomic E-state index is 0.0389. The number of hydrogen-bond donors (Lipinski definition) is 1. The highest BCUT2D eigenvalue weighted by Crippen LogP contribution is 2.33. The number of fused-ring (bicyclic) bond motifs is 1. The molecular weight excluding hydrogens is 348 g/mol. The maximum absolute atomic E-state index is 13.0. The van der Waals surface area contributed by atoms with Crippen LogP contribution >= 0.6 is 0 Å². The molecule has 0 bridgehead atoms. The van der Waals surface area contributed by atoms with Gasteiger partial charge in [-0.15, -0.1) is 0 Å².